The van der Waals surface area contributed by atoms with E-state index in [0.29, 0.717) is 0 Å². The molecule has 0 atom stereocenters. The average Bonchev–Trinajstić information content (AvgIpc) is 0.918. The number of hydrogen-bond donors (Lipinski definition) is 0. The molecular weight excluding hydrogens is 142 g/mol. The second-order valence-corrected chi connectivity index (χ2v) is 0.525. The van der Waals surface area contributed by atoms with E-state index in [4.69, 9.17) is 0 Å². The van der Waals surface area contributed by atoms with Gasteiger partial charge in [-0.1, -0.05) is 0 Å². The average molecular weight is 143 g/mol. The van der Waals surface area contributed by atoms with Crippen molar-refractivity contribution >= 4 is 0 Å². The molecule has 0 saturated heterocycles. The Morgan fingerprint density at radius 3 is 1.50 bits per heavy atom. The van der Waals surface area contributed by atoms with Crippen molar-refractivity contribution in [3.05, 3.63) is 0 Å². The summed E-state index contributed by atoms with van der Waals surface area (Å²) < 4.78 is 19.6. The van der Waals surface area contributed by atoms with Crippen LogP contribution in [0.5, 0.6) is 0 Å². The summed E-state index contributed by atoms with van der Waals surface area (Å²) in [4.78, 5) is 0. The summed E-state index contributed by atoms with van der Waals surface area (Å²) >= 11 is -2.88. The standard InChI is InChI=1S/2FH.K.Zn.H/h2*1H;;;/q;;+1;+2;-1/p-2. The zero-order valence-corrected chi connectivity index (χ0v) is 8.55. The van der Waals surface area contributed by atoms with Crippen LogP contribution in [0, 0.1) is 0 Å². The molecule has 4 heteroatoms. The summed E-state index contributed by atoms with van der Waals surface area (Å²) in [7, 11) is 0. The largest absolute Gasteiger partial charge is 1.00 e. The van der Waals surface area contributed by atoms with Crippen molar-refractivity contribution in [3.8, 4) is 0 Å². The van der Waals surface area contributed by atoms with E-state index in [1.165, 1.54) is 0 Å². The Hall–Kier alpha value is 2.12. The van der Waals surface area contributed by atoms with Gasteiger partial charge in [0.25, 0.3) is 0 Å². The molecule has 0 unspecified atom stereocenters. The predicted molar refractivity (Wildman–Crippen MR) is 3.33 cm³/mol. The summed E-state index contributed by atoms with van der Waals surface area (Å²) in [5, 5.41) is 0. The summed E-state index contributed by atoms with van der Waals surface area (Å²) in [6, 6.07) is 0. The quantitative estimate of drug-likeness (QED) is 0.343. The van der Waals surface area contributed by atoms with Gasteiger partial charge in [-0.05, 0) is 0 Å². The normalized spacial score (nSPS) is 2.50. The monoisotopic (exact) mass is 142 g/mol. The van der Waals surface area contributed by atoms with Crippen LogP contribution in [-0.4, -0.2) is 0 Å². The Kier molecular flexibility index (Phi) is 21.1. The Morgan fingerprint density at radius 2 is 1.50 bits per heavy atom. The van der Waals surface area contributed by atoms with E-state index in [1.54, 1.807) is 0 Å². The van der Waals surface area contributed by atoms with Crippen LogP contribution in [0.1, 0.15) is 1.43 Å². The van der Waals surface area contributed by atoms with Gasteiger partial charge >= 0.3 is 76.1 Å². The van der Waals surface area contributed by atoms with Gasteiger partial charge in [0.05, 0.1) is 0 Å². The van der Waals surface area contributed by atoms with Crippen LogP contribution in [0.4, 0.5) is 6.63 Å². The molecule has 0 bridgehead atoms. The smallest absolute Gasteiger partial charge is 1.00 e. The predicted octanol–water partition coefficient (Wildman–Crippen LogP) is -2.05. The molecule has 4 heavy (non-hydrogen) atoms. The Bertz CT molecular complexity index is 9.61. The van der Waals surface area contributed by atoms with E-state index >= 15 is 0 Å². The SMILES string of the molecule is [F][Zn][F].[H-].[K+]. The fourth-order valence-electron chi connectivity index (χ4n) is 0. The van der Waals surface area contributed by atoms with Gasteiger partial charge in [0, 0.05) is 0 Å². The molecule has 18 valence electrons. The summed E-state index contributed by atoms with van der Waals surface area (Å²) in [6.45, 7) is 0. The molecule has 0 heterocycles. The molecule has 0 aliphatic heterocycles. The number of hydrogen-bond acceptors (Lipinski definition) is 0. The van der Waals surface area contributed by atoms with Crippen molar-refractivity contribution in [2.24, 2.45) is 0 Å². The second-order valence-electron chi connectivity index (χ2n) is 0.101. The van der Waals surface area contributed by atoms with Crippen LogP contribution in [0.2, 0.25) is 0 Å². The van der Waals surface area contributed by atoms with Gasteiger partial charge in [-0.25, -0.2) is 0 Å². The van der Waals surface area contributed by atoms with Crippen LogP contribution in [0.15, 0.2) is 0 Å². The molecule has 0 spiro atoms. The van der Waals surface area contributed by atoms with Crippen LogP contribution < -0.4 is 51.4 Å². The van der Waals surface area contributed by atoms with Crippen molar-refractivity contribution in [1.82, 2.24) is 0 Å². The molecule has 0 saturated carbocycles. The van der Waals surface area contributed by atoms with Crippen molar-refractivity contribution in [3.63, 3.8) is 0 Å². The fraction of sp³-hybridized carbons (Fsp3) is 0. The molecule has 0 radical (unpaired) electrons. The zero-order valence-electron chi connectivity index (χ0n) is 3.46. The van der Waals surface area contributed by atoms with Crippen molar-refractivity contribution in [1.29, 1.82) is 0 Å². The minimum atomic E-state index is -2.88. The third-order valence-electron chi connectivity index (χ3n) is 0. The van der Waals surface area contributed by atoms with Crippen molar-refractivity contribution < 1.29 is 77.6 Å². The molecule has 0 aliphatic carbocycles. The van der Waals surface area contributed by atoms with Crippen LogP contribution in [0.25, 0.3) is 0 Å². The van der Waals surface area contributed by atoms with Crippen LogP contribution in [-0.2, 0) is 18.1 Å². The van der Waals surface area contributed by atoms with Gasteiger partial charge in [0.15, 0.2) is 0 Å². The summed E-state index contributed by atoms with van der Waals surface area (Å²) in [5.74, 6) is 0. The zero-order chi connectivity index (χ0) is 2.71. The van der Waals surface area contributed by atoms with E-state index in [0.717, 1.165) is 0 Å². The first-order valence-corrected chi connectivity index (χ1v) is 2.78. The topological polar surface area (TPSA) is 0 Å². The van der Waals surface area contributed by atoms with Crippen molar-refractivity contribution in [2.75, 3.05) is 0 Å². The van der Waals surface area contributed by atoms with E-state index in [2.05, 4.69) is 0 Å². The molecule has 0 N–H and O–H groups in total. The second kappa shape index (κ2) is 8.93. The molecular formula is HF2KZn. The third-order valence-corrected chi connectivity index (χ3v) is 0. The van der Waals surface area contributed by atoms with Crippen molar-refractivity contribution in [2.45, 2.75) is 0 Å². The van der Waals surface area contributed by atoms with Gasteiger partial charge in [-0.15, -0.1) is 0 Å². The number of halogens is 2. The van der Waals surface area contributed by atoms with Gasteiger partial charge < -0.3 is 1.43 Å². The maximum Gasteiger partial charge on any atom is 1.00 e. The molecule has 0 aromatic carbocycles. The van der Waals surface area contributed by atoms with Crippen LogP contribution in [0.3, 0.4) is 0 Å². The summed E-state index contributed by atoms with van der Waals surface area (Å²) in [6.07, 6.45) is 0. The van der Waals surface area contributed by atoms with Gasteiger partial charge in [-0.2, -0.15) is 0 Å². The maximum atomic E-state index is 9.81. The minimum absolute atomic E-state index is 0. The maximum absolute atomic E-state index is 9.81. The van der Waals surface area contributed by atoms with E-state index in [-0.39, 0.29) is 52.8 Å². The first-order chi connectivity index (χ1) is 1.41. The molecule has 0 fully saturated rings. The van der Waals surface area contributed by atoms with Gasteiger partial charge in [0.1, 0.15) is 0 Å². The summed E-state index contributed by atoms with van der Waals surface area (Å²) in [5.41, 5.74) is 0. The van der Waals surface area contributed by atoms with E-state index < -0.39 is 18.1 Å². The van der Waals surface area contributed by atoms with Gasteiger partial charge in [-0.3, -0.25) is 0 Å². The molecule has 0 nitrogen and oxygen atoms in total. The first-order valence-electron chi connectivity index (χ1n) is 0.535. The Morgan fingerprint density at radius 1 is 1.50 bits per heavy atom. The van der Waals surface area contributed by atoms with E-state index in [9.17, 15) is 6.63 Å². The molecule has 0 aromatic rings. The molecule has 0 aromatic heterocycles. The fourth-order valence-corrected chi connectivity index (χ4v) is 0. The molecule has 0 rings (SSSR count). The van der Waals surface area contributed by atoms with Gasteiger partial charge in [0.2, 0.25) is 0 Å². The Balaban J connectivity index is -0.0000000200. The number of rotatable bonds is 0. The van der Waals surface area contributed by atoms with E-state index in [1.807, 2.05) is 0 Å². The Labute approximate surface area is 76.0 Å². The van der Waals surface area contributed by atoms with Crippen LogP contribution >= 0.6 is 0 Å². The minimum Gasteiger partial charge on any atom is -1.00 e. The first kappa shape index (κ1) is 9.45. The molecule has 0 aliphatic rings. The molecule has 0 amide bonds. The third kappa shape index (κ3) is 8.92.